The first kappa shape index (κ1) is 12.3. The monoisotopic (exact) mass is 246 g/mol. The third kappa shape index (κ3) is 2.76. The van der Waals surface area contributed by atoms with Crippen molar-refractivity contribution in [1.29, 1.82) is 0 Å². The first-order valence-corrected chi connectivity index (χ1v) is 7.91. The molecule has 0 aromatic heterocycles. The number of sulfonamides is 1. The van der Waals surface area contributed by atoms with Crippen molar-refractivity contribution in [3.63, 3.8) is 0 Å². The van der Waals surface area contributed by atoms with Gasteiger partial charge in [0.25, 0.3) is 0 Å². The molecule has 0 radical (unpaired) electrons. The van der Waals surface area contributed by atoms with Crippen LogP contribution in [0.15, 0.2) is 0 Å². The van der Waals surface area contributed by atoms with Crippen LogP contribution < -0.4 is 5.32 Å². The summed E-state index contributed by atoms with van der Waals surface area (Å²) in [6.45, 7) is 4.18. The number of hydrogen-bond donors (Lipinski definition) is 1. The van der Waals surface area contributed by atoms with Crippen molar-refractivity contribution in [1.82, 2.24) is 9.62 Å². The Balaban J connectivity index is 1.88. The molecule has 5 heteroatoms. The summed E-state index contributed by atoms with van der Waals surface area (Å²) in [5.74, 6) is 1.02. The lowest BCUT2D eigenvalue weighted by Crippen LogP contribution is -2.52. The van der Waals surface area contributed by atoms with Crippen LogP contribution in [0.25, 0.3) is 0 Å². The average Bonchev–Trinajstić information content (AvgIpc) is 2.15. The van der Waals surface area contributed by atoms with Gasteiger partial charge in [-0.25, -0.2) is 8.42 Å². The van der Waals surface area contributed by atoms with E-state index in [0.29, 0.717) is 18.2 Å². The van der Waals surface area contributed by atoms with Crippen LogP contribution in [-0.4, -0.2) is 44.2 Å². The molecule has 1 aliphatic heterocycles. The quantitative estimate of drug-likeness (QED) is 0.798. The zero-order valence-electron chi connectivity index (χ0n) is 9.98. The van der Waals surface area contributed by atoms with E-state index in [4.69, 9.17) is 0 Å². The molecule has 0 bridgehead atoms. The molecule has 0 aromatic rings. The Morgan fingerprint density at radius 3 is 2.69 bits per heavy atom. The van der Waals surface area contributed by atoms with Gasteiger partial charge in [0.1, 0.15) is 0 Å². The number of rotatable bonds is 4. The van der Waals surface area contributed by atoms with Gasteiger partial charge in [0.2, 0.25) is 10.0 Å². The zero-order chi connectivity index (χ0) is 11.6. The van der Waals surface area contributed by atoms with Crippen LogP contribution in [0.4, 0.5) is 0 Å². The Morgan fingerprint density at radius 1 is 1.38 bits per heavy atom. The predicted octanol–water partition coefficient (Wildman–Crippen LogP) is 0.800. The fourth-order valence-electron chi connectivity index (χ4n) is 2.45. The average molecular weight is 246 g/mol. The second kappa shape index (κ2) is 5.02. The predicted molar refractivity (Wildman–Crippen MR) is 64.8 cm³/mol. The number of piperazine rings is 1. The highest BCUT2D eigenvalue weighted by Crippen LogP contribution is 2.30. The molecule has 2 fully saturated rings. The summed E-state index contributed by atoms with van der Waals surface area (Å²) in [6, 6.07) is 0.111. The molecule has 1 heterocycles. The Bertz CT molecular complexity index is 325. The van der Waals surface area contributed by atoms with Gasteiger partial charge in [-0.2, -0.15) is 4.31 Å². The van der Waals surface area contributed by atoms with Gasteiger partial charge in [-0.15, -0.1) is 0 Å². The first-order valence-electron chi connectivity index (χ1n) is 6.30. The van der Waals surface area contributed by atoms with Crippen molar-refractivity contribution in [3.8, 4) is 0 Å². The van der Waals surface area contributed by atoms with E-state index >= 15 is 0 Å². The highest BCUT2D eigenvalue weighted by Gasteiger charge is 2.30. The van der Waals surface area contributed by atoms with Gasteiger partial charge in [-0.05, 0) is 19.3 Å². The smallest absolute Gasteiger partial charge is 0.214 e. The maximum atomic E-state index is 12.1. The zero-order valence-corrected chi connectivity index (χ0v) is 10.8. The summed E-state index contributed by atoms with van der Waals surface area (Å²) >= 11 is 0. The van der Waals surface area contributed by atoms with Crippen molar-refractivity contribution < 1.29 is 8.42 Å². The summed E-state index contributed by atoms with van der Waals surface area (Å²) in [7, 11) is -3.01. The molecule has 16 heavy (non-hydrogen) atoms. The second-order valence-corrected chi connectivity index (χ2v) is 7.11. The van der Waals surface area contributed by atoms with Crippen LogP contribution >= 0.6 is 0 Å². The Hall–Kier alpha value is -0.130. The first-order chi connectivity index (χ1) is 7.59. The van der Waals surface area contributed by atoms with E-state index < -0.39 is 10.0 Å². The summed E-state index contributed by atoms with van der Waals surface area (Å²) in [5.41, 5.74) is 0. The van der Waals surface area contributed by atoms with Crippen LogP contribution in [0.2, 0.25) is 0 Å². The van der Waals surface area contributed by atoms with Gasteiger partial charge in [0.05, 0.1) is 5.75 Å². The van der Waals surface area contributed by atoms with Crippen molar-refractivity contribution in [3.05, 3.63) is 0 Å². The molecule has 1 saturated carbocycles. The fourth-order valence-corrected chi connectivity index (χ4v) is 4.31. The SMILES string of the molecule is C[C@@H]1CNCCN1S(=O)(=O)CCC1CCC1. The Kier molecular flexibility index (Phi) is 3.87. The lowest BCUT2D eigenvalue weighted by molar-refractivity contribution is 0.276. The molecular weight excluding hydrogens is 224 g/mol. The molecular formula is C11H22N2O2S. The van der Waals surface area contributed by atoms with Crippen LogP contribution in [0.3, 0.4) is 0 Å². The summed E-state index contributed by atoms with van der Waals surface area (Å²) in [4.78, 5) is 0. The molecule has 0 spiro atoms. The third-order valence-corrected chi connectivity index (χ3v) is 5.82. The van der Waals surface area contributed by atoms with Gasteiger partial charge in [0, 0.05) is 25.7 Å². The Morgan fingerprint density at radius 2 is 2.12 bits per heavy atom. The van der Waals surface area contributed by atoms with Gasteiger partial charge < -0.3 is 5.32 Å². The maximum Gasteiger partial charge on any atom is 0.214 e. The molecule has 94 valence electrons. The molecule has 0 unspecified atom stereocenters. The molecule has 1 saturated heterocycles. The molecule has 2 aliphatic rings. The van der Waals surface area contributed by atoms with Crippen LogP contribution in [0.1, 0.15) is 32.6 Å². The van der Waals surface area contributed by atoms with Crippen LogP contribution in [0, 0.1) is 5.92 Å². The normalized spacial score (nSPS) is 28.9. The van der Waals surface area contributed by atoms with E-state index in [0.717, 1.165) is 19.5 Å². The number of nitrogens with zero attached hydrogens (tertiary/aromatic N) is 1. The van der Waals surface area contributed by atoms with Crippen LogP contribution in [-0.2, 0) is 10.0 Å². The van der Waals surface area contributed by atoms with Crippen molar-refractivity contribution in [2.75, 3.05) is 25.4 Å². The molecule has 2 rings (SSSR count). The summed E-state index contributed by atoms with van der Waals surface area (Å²) < 4.78 is 26.0. The highest BCUT2D eigenvalue weighted by molar-refractivity contribution is 7.89. The van der Waals surface area contributed by atoms with E-state index in [-0.39, 0.29) is 6.04 Å². The van der Waals surface area contributed by atoms with E-state index in [1.807, 2.05) is 6.92 Å². The minimum absolute atomic E-state index is 0.111. The second-order valence-electron chi connectivity index (χ2n) is 5.07. The van der Waals surface area contributed by atoms with E-state index in [1.54, 1.807) is 4.31 Å². The minimum atomic E-state index is -3.01. The number of nitrogens with one attached hydrogen (secondary N) is 1. The Labute approximate surface area is 98.4 Å². The molecule has 0 amide bonds. The summed E-state index contributed by atoms with van der Waals surface area (Å²) in [5, 5.41) is 3.22. The van der Waals surface area contributed by atoms with Gasteiger partial charge >= 0.3 is 0 Å². The van der Waals surface area contributed by atoms with Gasteiger partial charge in [-0.3, -0.25) is 0 Å². The fraction of sp³-hybridized carbons (Fsp3) is 1.00. The number of hydrogen-bond acceptors (Lipinski definition) is 3. The van der Waals surface area contributed by atoms with Crippen molar-refractivity contribution >= 4 is 10.0 Å². The van der Waals surface area contributed by atoms with E-state index in [9.17, 15) is 8.42 Å². The van der Waals surface area contributed by atoms with Gasteiger partial charge in [-0.1, -0.05) is 19.3 Å². The molecule has 1 atom stereocenters. The van der Waals surface area contributed by atoms with Gasteiger partial charge in [0.15, 0.2) is 0 Å². The third-order valence-electron chi connectivity index (χ3n) is 3.81. The summed E-state index contributed by atoms with van der Waals surface area (Å²) in [6.07, 6.45) is 4.60. The van der Waals surface area contributed by atoms with E-state index in [1.165, 1.54) is 19.3 Å². The topological polar surface area (TPSA) is 49.4 Å². The molecule has 1 N–H and O–H groups in total. The standard InChI is InChI=1S/C11H22N2O2S/c1-10-9-12-6-7-13(10)16(14,15)8-5-11-3-2-4-11/h10-12H,2-9H2,1H3/t10-/m1/s1. The van der Waals surface area contributed by atoms with Crippen LogP contribution in [0.5, 0.6) is 0 Å². The van der Waals surface area contributed by atoms with Crippen molar-refractivity contribution in [2.24, 2.45) is 5.92 Å². The highest BCUT2D eigenvalue weighted by atomic mass is 32.2. The minimum Gasteiger partial charge on any atom is -0.314 e. The van der Waals surface area contributed by atoms with Crippen molar-refractivity contribution in [2.45, 2.75) is 38.6 Å². The largest absolute Gasteiger partial charge is 0.314 e. The molecule has 0 aromatic carbocycles. The maximum absolute atomic E-state index is 12.1. The van der Waals surface area contributed by atoms with E-state index in [2.05, 4.69) is 5.32 Å². The molecule has 4 nitrogen and oxygen atoms in total. The lowest BCUT2D eigenvalue weighted by Gasteiger charge is -2.34. The lowest BCUT2D eigenvalue weighted by atomic mass is 9.84. The molecule has 1 aliphatic carbocycles.